The van der Waals surface area contributed by atoms with Crippen molar-refractivity contribution in [2.24, 2.45) is 11.3 Å². The summed E-state index contributed by atoms with van der Waals surface area (Å²) in [4.78, 5) is 12.3. The normalized spacial score (nSPS) is 30.9. The molecule has 1 spiro atoms. The molecule has 0 radical (unpaired) electrons. The van der Waals surface area contributed by atoms with Crippen molar-refractivity contribution in [1.29, 1.82) is 0 Å². The van der Waals surface area contributed by atoms with Gasteiger partial charge in [0.2, 0.25) is 10.0 Å². The van der Waals surface area contributed by atoms with Gasteiger partial charge in [0.1, 0.15) is 0 Å². The Hall–Kier alpha value is -1.20. The van der Waals surface area contributed by atoms with E-state index in [1.54, 1.807) is 22.5 Å². The van der Waals surface area contributed by atoms with Gasteiger partial charge < -0.3 is 0 Å². The summed E-state index contributed by atoms with van der Waals surface area (Å²) in [6, 6.07) is 5.08. The molecule has 1 aromatic carbocycles. The van der Waals surface area contributed by atoms with Crippen LogP contribution in [0.1, 0.15) is 61.4 Å². The van der Waals surface area contributed by atoms with Gasteiger partial charge >= 0.3 is 0 Å². The lowest BCUT2D eigenvalue weighted by Crippen LogP contribution is -2.31. The van der Waals surface area contributed by atoms with E-state index < -0.39 is 10.0 Å². The van der Waals surface area contributed by atoms with Gasteiger partial charge in [0.25, 0.3) is 0 Å². The number of rotatable bonds is 2. The number of fused-ring (bicyclic) bond motifs is 1. The average molecular weight is 347 g/mol. The second-order valence-corrected chi connectivity index (χ2v) is 9.97. The summed E-state index contributed by atoms with van der Waals surface area (Å²) >= 11 is 0. The first-order valence-corrected chi connectivity index (χ1v) is 10.5. The maximum Gasteiger partial charge on any atom is 0.243 e. The first kappa shape index (κ1) is 16.3. The molecule has 24 heavy (non-hydrogen) atoms. The van der Waals surface area contributed by atoms with Gasteiger partial charge in [-0.3, -0.25) is 4.79 Å². The summed E-state index contributed by atoms with van der Waals surface area (Å²) in [6.07, 6.45) is 6.70. The molecule has 1 saturated heterocycles. The summed E-state index contributed by atoms with van der Waals surface area (Å²) in [6.45, 7) is 3.56. The highest BCUT2D eigenvalue weighted by atomic mass is 32.2. The van der Waals surface area contributed by atoms with Gasteiger partial charge in [-0.25, -0.2) is 8.42 Å². The molecule has 4 nitrogen and oxygen atoms in total. The van der Waals surface area contributed by atoms with Crippen LogP contribution in [-0.2, 0) is 16.4 Å². The summed E-state index contributed by atoms with van der Waals surface area (Å²) < 4.78 is 27.8. The van der Waals surface area contributed by atoms with Crippen molar-refractivity contribution < 1.29 is 13.2 Å². The van der Waals surface area contributed by atoms with Gasteiger partial charge in [0, 0.05) is 25.1 Å². The molecule has 1 saturated carbocycles. The zero-order chi connectivity index (χ0) is 16.9. The highest BCUT2D eigenvalue weighted by molar-refractivity contribution is 7.89. The van der Waals surface area contributed by atoms with Crippen LogP contribution in [-0.4, -0.2) is 31.6 Å². The van der Waals surface area contributed by atoms with Crippen LogP contribution in [0.15, 0.2) is 23.1 Å². The molecular formula is C19H25NO3S. The fraction of sp³-hybridized carbons (Fsp3) is 0.632. The number of hydrogen-bond donors (Lipinski definition) is 0. The van der Waals surface area contributed by atoms with Gasteiger partial charge in [-0.05, 0) is 67.2 Å². The lowest BCUT2D eigenvalue weighted by Gasteiger charge is -2.24. The first-order valence-electron chi connectivity index (χ1n) is 9.06. The molecule has 2 atom stereocenters. The van der Waals surface area contributed by atoms with Crippen LogP contribution in [0, 0.1) is 11.3 Å². The van der Waals surface area contributed by atoms with Crippen molar-refractivity contribution in [1.82, 2.24) is 4.31 Å². The number of carbonyl (C=O) groups is 1. The van der Waals surface area contributed by atoms with E-state index in [-0.39, 0.29) is 11.2 Å². The molecule has 0 bridgehead atoms. The third kappa shape index (κ3) is 2.62. The minimum absolute atomic E-state index is 0.139. The molecule has 2 unspecified atom stereocenters. The Morgan fingerprint density at radius 2 is 2.04 bits per heavy atom. The number of nitrogens with zero attached hydrogens (tertiary/aromatic N) is 1. The molecule has 2 aliphatic carbocycles. The second kappa shape index (κ2) is 5.67. The lowest BCUT2D eigenvalue weighted by atomic mass is 9.85. The second-order valence-electron chi connectivity index (χ2n) is 8.03. The number of carbonyl (C=O) groups excluding carboxylic acids is 1. The van der Waals surface area contributed by atoms with Crippen LogP contribution >= 0.6 is 0 Å². The number of hydrogen-bond acceptors (Lipinski definition) is 3. The standard InChI is InChI=1S/C19H25NO3S/c1-14-7-8-19(12-14)9-10-20(13-19)24(22,23)16-5-6-17-15(11-16)3-2-4-18(17)21/h5-6,11,14H,2-4,7-10,12-13H2,1H3. The molecule has 0 amide bonds. The van der Waals surface area contributed by atoms with Crippen LogP contribution in [0.4, 0.5) is 0 Å². The SMILES string of the molecule is CC1CCC2(CCN(S(=O)(=O)c3ccc4c(c3)CCCC4=O)C2)C1. The maximum atomic E-state index is 13.1. The fourth-order valence-corrected chi connectivity index (χ4v) is 6.50. The highest BCUT2D eigenvalue weighted by Gasteiger charge is 2.46. The number of benzene rings is 1. The van der Waals surface area contributed by atoms with E-state index in [1.807, 2.05) is 0 Å². The van der Waals surface area contributed by atoms with E-state index in [1.165, 1.54) is 6.42 Å². The maximum absolute atomic E-state index is 13.1. The lowest BCUT2D eigenvalue weighted by molar-refractivity contribution is 0.0972. The molecule has 4 rings (SSSR count). The first-order chi connectivity index (χ1) is 11.4. The third-order valence-electron chi connectivity index (χ3n) is 6.22. The molecule has 130 valence electrons. The Balaban J connectivity index is 1.61. The Kier molecular flexibility index (Phi) is 3.84. The molecule has 1 aromatic rings. The molecular weight excluding hydrogens is 322 g/mol. The van der Waals surface area contributed by atoms with Gasteiger partial charge in [-0.15, -0.1) is 0 Å². The van der Waals surface area contributed by atoms with Gasteiger partial charge in [-0.1, -0.05) is 13.3 Å². The predicted molar refractivity (Wildman–Crippen MR) is 92.5 cm³/mol. The summed E-state index contributed by atoms with van der Waals surface area (Å²) in [5, 5.41) is 0. The smallest absolute Gasteiger partial charge is 0.243 e. The van der Waals surface area contributed by atoms with Crippen molar-refractivity contribution in [3.05, 3.63) is 29.3 Å². The molecule has 0 N–H and O–H groups in total. The van der Waals surface area contributed by atoms with Gasteiger partial charge in [0.15, 0.2) is 5.78 Å². The summed E-state index contributed by atoms with van der Waals surface area (Å²) in [7, 11) is -3.45. The summed E-state index contributed by atoms with van der Waals surface area (Å²) in [5.74, 6) is 0.850. The molecule has 3 aliphatic rings. The van der Waals surface area contributed by atoms with Crippen LogP contribution in [0.2, 0.25) is 0 Å². The van der Waals surface area contributed by atoms with Crippen molar-refractivity contribution in [3.63, 3.8) is 0 Å². The van der Waals surface area contributed by atoms with E-state index in [2.05, 4.69) is 6.92 Å². The minimum atomic E-state index is -3.45. The largest absolute Gasteiger partial charge is 0.294 e. The van der Waals surface area contributed by atoms with Crippen LogP contribution in [0.5, 0.6) is 0 Å². The quantitative estimate of drug-likeness (QED) is 0.824. The highest BCUT2D eigenvalue weighted by Crippen LogP contribution is 2.48. The number of Topliss-reactive ketones (excluding diaryl/α,β-unsaturated/α-hetero) is 1. The van der Waals surface area contributed by atoms with Crippen LogP contribution in [0.25, 0.3) is 0 Å². The summed E-state index contributed by atoms with van der Waals surface area (Å²) in [5.41, 5.74) is 1.81. The number of sulfonamides is 1. The number of aryl methyl sites for hydroxylation is 1. The Bertz CT molecular complexity index is 786. The fourth-order valence-electron chi connectivity index (χ4n) is 4.90. The van der Waals surface area contributed by atoms with Crippen molar-refractivity contribution >= 4 is 15.8 Å². The Morgan fingerprint density at radius 3 is 2.79 bits per heavy atom. The molecule has 1 heterocycles. The van der Waals surface area contributed by atoms with Gasteiger partial charge in [-0.2, -0.15) is 4.31 Å². The molecule has 0 aromatic heterocycles. The van der Waals surface area contributed by atoms with E-state index in [4.69, 9.17) is 0 Å². The average Bonchev–Trinajstić information content (AvgIpc) is 3.14. The monoisotopic (exact) mass is 347 g/mol. The molecule has 5 heteroatoms. The third-order valence-corrected chi connectivity index (χ3v) is 8.06. The topological polar surface area (TPSA) is 54.5 Å². The number of ketones is 1. The molecule has 2 fully saturated rings. The predicted octanol–water partition coefficient (Wildman–Crippen LogP) is 3.41. The zero-order valence-electron chi connectivity index (χ0n) is 14.3. The van der Waals surface area contributed by atoms with Crippen molar-refractivity contribution in [2.75, 3.05) is 13.1 Å². The Morgan fingerprint density at radius 1 is 1.21 bits per heavy atom. The van der Waals surface area contributed by atoms with E-state index in [0.717, 1.165) is 37.7 Å². The van der Waals surface area contributed by atoms with Crippen LogP contribution in [0.3, 0.4) is 0 Å². The van der Waals surface area contributed by atoms with E-state index >= 15 is 0 Å². The zero-order valence-corrected chi connectivity index (χ0v) is 15.1. The minimum Gasteiger partial charge on any atom is -0.294 e. The Labute approximate surface area is 144 Å². The van der Waals surface area contributed by atoms with Crippen LogP contribution < -0.4 is 0 Å². The van der Waals surface area contributed by atoms with Gasteiger partial charge in [0.05, 0.1) is 4.90 Å². The van der Waals surface area contributed by atoms with Crippen molar-refractivity contribution in [3.8, 4) is 0 Å². The molecule has 1 aliphatic heterocycles. The van der Waals surface area contributed by atoms with Crippen molar-refractivity contribution in [2.45, 2.75) is 56.8 Å². The van der Waals surface area contributed by atoms with E-state index in [9.17, 15) is 13.2 Å². The van der Waals surface area contributed by atoms with E-state index in [0.29, 0.717) is 35.9 Å².